The summed E-state index contributed by atoms with van der Waals surface area (Å²) in [5.41, 5.74) is 0. The molecule has 1 saturated heterocycles. The molecule has 0 aromatic heterocycles. The number of hydrogen-bond acceptors (Lipinski definition) is 2. The minimum Gasteiger partial charge on any atom is -0.407 e. The van der Waals surface area contributed by atoms with Crippen molar-refractivity contribution in [3.05, 3.63) is 60.7 Å². The van der Waals surface area contributed by atoms with Gasteiger partial charge in [0.1, 0.15) is 0 Å². The lowest BCUT2D eigenvalue weighted by Crippen LogP contribution is -2.67. The van der Waals surface area contributed by atoms with Gasteiger partial charge in [-0.1, -0.05) is 81.4 Å². The highest BCUT2D eigenvalue weighted by atomic mass is 32.2. The maximum atomic E-state index is 7.23. The fourth-order valence-electron chi connectivity index (χ4n) is 5.10. The molecule has 4 heteroatoms. The van der Waals surface area contributed by atoms with E-state index in [1.54, 1.807) is 0 Å². The predicted molar refractivity (Wildman–Crippen MR) is 136 cm³/mol. The highest BCUT2D eigenvalue weighted by molar-refractivity contribution is 8.27. The Hall–Kier alpha value is -0.683. The number of rotatable bonds is 6. The van der Waals surface area contributed by atoms with E-state index in [2.05, 4.69) is 93.2 Å². The van der Waals surface area contributed by atoms with Crippen LogP contribution >= 0.6 is 22.7 Å². The summed E-state index contributed by atoms with van der Waals surface area (Å²) in [6.07, 6.45) is 4.25. The van der Waals surface area contributed by atoms with E-state index in [9.17, 15) is 0 Å². The second-order valence-electron chi connectivity index (χ2n) is 9.58. The number of thioether (sulfide) groups is 1. The van der Waals surface area contributed by atoms with Gasteiger partial charge in [-0.2, -0.15) is 11.8 Å². The molecule has 2 unspecified atom stereocenters. The molecule has 1 heterocycles. The summed E-state index contributed by atoms with van der Waals surface area (Å²) < 4.78 is 7.23. The minimum atomic E-state index is -2.37. The van der Waals surface area contributed by atoms with Crippen molar-refractivity contribution >= 4 is 41.3 Å². The first kappa shape index (κ1) is 21.5. The van der Waals surface area contributed by atoms with Crippen LogP contribution in [0.25, 0.3) is 0 Å². The van der Waals surface area contributed by atoms with E-state index in [1.165, 1.54) is 46.2 Å². The molecule has 4 rings (SSSR count). The molecule has 0 radical (unpaired) electrons. The standard InChI is InChI=1S/C25H36OS2Si/c1-25(2,3)29(22-11-6-4-7-12-22,23-13-8-5-9-14-23)26-19-21-15-16-24(21)28-18-10-17-27-20-28/h4-9,11-14,21,24,28H,10,15-20H2,1-3H3/t21-,24?/m1/s1. The zero-order chi connectivity index (χ0) is 20.3. The molecule has 1 nitrogen and oxygen atoms in total. The number of thiol groups is 1. The molecular formula is C25H36OS2Si. The number of hydrogen-bond donors (Lipinski definition) is 1. The van der Waals surface area contributed by atoms with Gasteiger partial charge in [-0.25, -0.2) is 10.9 Å². The quantitative estimate of drug-likeness (QED) is 0.469. The van der Waals surface area contributed by atoms with Gasteiger partial charge in [0.15, 0.2) is 0 Å². The molecule has 1 aliphatic heterocycles. The van der Waals surface area contributed by atoms with Gasteiger partial charge in [-0.05, 0) is 57.3 Å². The Labute approximate surface area is 185 Å². The van der Waals surface area contributed by atoms with Crippen molar-refractivity contribution in [1.29, 1.82) is 0 Å². The molecule has 3 atom stereocenters. The molecule has 2 fully saturated rings. The van der Waals surface area contributed by atoms with Crippen LogP contribution in [0.2, 0.25) is 5.04 Å². The van der Waals surface area contributed by atoms with E-state index in [1.807, 2.05) is 0 Å². The van der Waals surface area contributed by atoms with E-state index in [0.717, 1.165) is 17.8 Å². The Bertz CT molecular complexity index is 729. The smallest absolute Gasteiger partial charge is 0.261 e. The van der Waals surface area contributed by atoms with Crippen LogP contribution in [0, 0.1) is 5.92 Å². The molecule has 29 heavy (non-hydrogen) atoms. The molecule has 2 aromatic rings. The molecule has 0 N–H and O–H groups in total. The van der Waals surface area contributed by atoms with Crippen molar-refractivity contribution in [1.82, 2.24) is 0 Å². The topological polar surface area (TPSA) is 9.23 Å². The minimum absolute atomic E-state index is 0.0843. The van der Waals surface area contributed by atoms with Crippen molar-refractivity contribution in [2.24, 2.45) is 5.92 Å². The predicted octanol–water partition coefficient (Wildman–Crippen LogP) is 5.44. The largest absolute Gasteiger partial charge is 0.407 e. The fourth-order valence-corrected chi connectivity index (χ4v) is 15.3. The van der Waals surface area contributed by atoms with Crippen LogP contribution in [0.15, 0.2) is 60.7 Å². The monoisotopic (exact) mass is 444 g/mol. The second-order valence-corrected chi connectivity index (χ2v) is 18.0. The summed E-state index contributed by atoms with van der Waals surface area (Å²) in [5, 5.41) is 5.30. The maximum Gasteiger partial charge on any atom is 0.261 e. The Kier molecular flexibility index (Phi) is 6.84. The van der Waals surface area contributed by atoms with Crippen molar-refractivity contribution in [3.8, 4) is 0 Å². The maximum absolute atomic E-state index is 7.23. The van der Waals surface area contributed by atoms with Crippen LogP contribution in [0.1, 0.15) is 40.0 Å². The van der Waals surface area contributed by atoms with E-state index < -0.39 is 8.32 Å². The van der Waals surface area contributed by atoms with Crippen LogP contribution in [0.3, 0.4) is 0 Å². The molecule has 2 aromatic carbocycles. The van der Waals surface area contributed by atoms with Crippen LogP contribution in [-0.2, 0) is 4.43 Å². The Morgan fingerprint density at radius 2 is 1.59 bits per heavy atom. The SMILES string of the molecule is CC(C)(C)[Si](OC[C@H]1CCC1[SH]1CCCSC1)(c1ccccc1)c1ccccc1. The van der Waals surface area contributed by atoms with Crippen molar-refractivity contribution in [2.45, 2.75) is 50.3 Å². The average Bonchev–Trinajstić information content (AvgIpc) is 2.71. The van der Waals surface area contributed by atoms with Crippen molar-refractivity contribution < 1.29 is 4.43 Å². The summed E-state index contributed by atoms with van der Waals surface area (Å²) in [7, 11) is -2.14. The molecule has 0 bridgehead atoms. The molecule has 0 spiro atoms. The fraction of sp³-hybridized carbons (Fsp3) is 0.520. The molecular weight excluding hydrogens is 408 g/mol. The third kappa shape index (κ3) is 4.37. The third-order valence-corrected chi connectivity index (χ3v) is 16.9. The highest BCUT2D eigenvalue weighted by Crippen LogP contribution is 2.51. The van der Waals surface area contributed by atoms with Gasteiger partial charge in [-0.15, -0.1) is 0 Å². The molecule has 1 aliphatic carbocycles. The summed E-state index contributed by atoms with van der Waals surface area (Å²) in [4.78, 5) is 0. The van der Waals surface area contributed by atoms with Crippen LogP contribution in [-0.4, -0.2) is 36.8 Å². The first-order chi connectivity index (χ1) is 14.0. The average molecular weight is 445 g/mol. The first-order valence-corrected chi connectivity index (χ1v) is 15.9. The van der Waals surface area contributed by atoms with Gasteiger partial charge in [0, 0.05) is 11.7 Å². The first-order valence-electron chi connectivity index (χ1n) is 11.1. The summed E-state index contributed by atoms with van der Waals surface area (Å²) >= 11 is 2.20. The zero-order valence-corrected chi connectivity index (χ0v) is 20.9. The highest BCUT2D eigenvalue weighted by Gasteiger charge is 2.51. The number of benzene rings is 2. The van der Waals surface area contributed by atoms with Gasteiger partial charge in [0.2, 0.25) is 0 Å². The van der Waals surface area contributed by atoms with Crippen LogP contribution < -0.4 is 10.4 Å². The second kappa shape index (κ2) is 9.21. The molecule has 2 aliphatic rings. The lowest BCUT2D eigenvalue weighted by molar-refractivity contribution is 0.178. The Morgan fingerprint density at radius 1 is 0.966 bits per heavy atom. The summed E-state index contributed by atoms with van der Waals surface area (Å²) in [6.45, 7) is 8.11. The van der Waals surface area contributed by atoms with Crippen LogP contribution in [0.5, 0.6) is 0 Å². The van der Waals surface area contributed by atoms with Crippen molar-refractivity contribution in [2.75, 3.05) is 23.2 Å². The Morgan fingerprint density at radius 3 is 2.03 bits per heavy atom. The van der Waals surface area contributed by atoms with Gasteiger partial charge >= 0.3 is 0 Å². The lowest BCUT2D eigenvalue weighted by atomic mass is 9.85. The van der Waals surface area contributed by atoms with E-state index >= 15 is 0 Å². The van der Waals surface area contributed by atoms with Gasteiger partial charge in [0.05, 0.1) is 0 Å². The van der Waals surface area contributed by atoms with E-state index in [-0.39, 0.29) is 15.9 Å². The molecule has 158 valence electrons. The van der Waals surface area contributed by atoms with Crippen molar-refractivity contribution in [3.63, 3.8) is 0 Å². The van der Waals surface area contributed by atoms with Gasteiger partial charge in [-0.3, -0.25) is 0 Å². The Balaban J connectivity index is 1.62. The summed E-state index contributed by atoms with van der Waals surface area (Å²) in [6, 6.07) is 22.2. The molecule has 0 amide bonds. The third-order valence-electron chi connectivity index (χ3n) is 6.77. The lowest BCUT2D eigenvalue weighted by Gasteiger charge is -2.49. The van der Waals surface area contributed by atoms with E-state index in [4.69, 9.17) is 4.43 Å². The zero-order valence-electron chi connectivity index (χ0n) is 18.1. The van der Waals surface area contributed by atoms with Gasteiger partial charge < -0.3 is 4.43 Å². The van der Waals surface area contributed by atoms with Gasteiger partial charge in [0.25, 0.3) is 8.32 Å². The normalized spacial score (nSPS) is 26.7. The van der Waals surface area contributed by atoms with Crippen LogP contribution in [0.4, 0.5) is 0 Å². The summed E-state index contributed by atoms with van der Waals surface area (Å²) in [5.74, 6) is 3.67. The molecule has 1 saturated carbocycles. The van der Waals surface area contributed by atoms with E-state index in [0.29, 0.717) is 0 Å².